The molecule has 0 saturated carbocycles. The Morgan fingerprint density at radius 1 is 0.520 bits per heavy atom. The molecule has 0 fully saturated rings. The van der Waals surface area contributed by atoms with Crippen LogP contribution in [-0.4, -0.2) is 16.5 Å². The highest BCUT2D eigenvalue weighted by Crippen LogP contribution is 2.62. The van der Waals surface area contributed by atoms with Crippen LogP contribution in [0.3, 0.4) is 0 Å². The van der Waals surface area contributed by atoms with E-state index in [1.165, 1.54) is 22.3 Å². The van der Waals surface area contributed by atoms with E-state index in [4.69, 9.17) is 14.7 Å². The lowest BCUT2D eigenvalue weighted by atomic mass is 9.65. The molecule has 0 bridgehead atoms. The second-order valence-electron chi connectivity index (χ2n) is 12.9. The molecule has 7 aromatic rings. The smallest absolute Gasteiger partial charge is 0.160 e. The number of benzene rings is 6. The molecule has 1 aliphatic carbocycles. The van der Waals surface area contributed by atoms with Crippen LogP contribution in [0.25, 0.3) is 45.0 Å². The van der Waals surface area contributed by atoms with Gasteiger partial charge in [-0.15, -0.1) is 0 Å². The highest BCUT2D eigenvalue weighted by atomic mass is 16.5. The number of dihydropyridines is 1. The monoisotopic (exact) mass is 641 g/mol. The number of hydrogen-bond donors (Lipinski definition) is 1. The van der Waals surface area contributed by atoms with Crippen LogP contribution >= 0.6 is 0 Å². The highest BCUT2D eigenvalue weighted by molar-refractivity contribution is 5.98. The number of rotatable bonds is 4. The lowest BCUT2D eigenvalue weighted by molar-refractivity contribution is 0.434. The molecule has 0 radical (unpaired) electrons. The fraction of sp³-hybridized carbons (Fsp3) is 0.0435. The van der Waals surface area contributed by atoms with Gasteiger partial charge >= 0.3 is 0 Å². The van der Waals surface area contributed by atoms with Crippen molar-refractivity contribution in [2.45, 2.75) is 5.41 Å². The summed E-state index contributed by atoms with van der Waals surface area (Å²) in [5, 5.41) is 3.75. The predicted octanol–water partition coefficient (Wildman–Crippen LogP) is 10.3. The zero-order valence-corrected chi connectivity index (χ0v) is 27.2. The summed E-state index contributed by atoms with van der Waals surface area (Å²) >= 11 is 0. The standard InChI is InChI=1S/C46H31N3O/c1-3-15-30(16-4-1)40-29-41(49-45(48-40)31-17-5-2-6-18-31)34-22-14-28-47-43(34)35-21-13-26-39-44(35)50-42-27-12-11-25-38(42)46(39)36-23-9-7-19-32(36)33-20-8-10-24-37(33)46/h1-27,29,47H,28H2. The average molecular weight is 642 g/mol. The molecule has 3 heterocycles. The van der Waals surface area contributed by atoms with Crippen molar-refractivity contribution in [1.29, 1.82) is 0 Å². The predicted molar refractivity (Wildman–Crippen MR) is 201 cm³/mol. The minimum absolute atomic E-state index is 0.533. The Morgan fingerprint density at radius 2 is 1.10 bits per heavy atom. The summed E-state index contributed by atoms with van der Waals surface area (Å²) in [4.78, 5) is 10.3. The SMILES string of the molecule is C1=CC(c2cc(-c3ccccc3)nc(-c3ccccc3)n2)=C(c2cccc3c2Oc2ccccc2C32c3ccccc3-c3ccccc32)NC1. The molecule has 0 unspecified atom stereocenters. The summed E-state index contributed by atoms with van der Waals surface area (Å²) in [5.74, 6) is 2.41. The van der Waals surface area contributed by atoms with Gasteiger partial charge in [0.15, 0.2) is 5.82 Å². The lowest BCUT2D eigenvalue weighted by Crippen LogP contribution is -2.32. The summed E-state index contributed by atoms with van der Waals surface area (Å²) < 4.78 is 7.02. The summed E-state index contributed by atoms with van der Waals surface area (Å²) in [6.45, 7) is 0.693. The van der Waals surface area contributed by atoms with Gasteiger partial charge in [0.25, 0.3) is 0 Å². The molecule has 0 saturated heterocycles. The first-order valence-corrected chi connectivity index (χ1v) is 17.1. The van der Waals surface area contributed by atoms with E-state index in [0.29, 0.717) is 12.4 Å². The zero-order valence-electron chi connectivity index (χ0n) is 27.2. The molecule has 1 aromatic heterocycles. The van der Waals surface area contributed by atoms with Gasteiger partial charge < -0.3 is 10.1 Å². The van der Waals surface area contributed by atoms with Gasteiger partial charge in [-0.2, -0.15) is 0 Å². The summed E-state index contributed by atoms with van der Waals surface area (Å²) in [6, 6.07) is 55.4. The molecule has 2 aliphatic heterocycles. The maximum atomic E-state index is 7.02. The van der Waals surface area contributed by atoms with Gasteiger partial charge in [-0.3, -0.25) is 0 Å². The van der Waals surface area contributed by atoms with Crippen LogP contribution in [0.2, 0.25) is 0 Å². The number of allylic oxidation sites excluding steroid dienone is 2. The third kappa shape index (κ3) is 4.18. The van der Waals surface area contributed by atoms with Gasteiger partial charge in [-0.05, 0) is 40.5 Å². The maximum Gasteiger partial charge on any atom is 0.160 e. The van der Waals surface area contributed by atoms with Crippen LogP contribution in [0.15, 0.2) is 170 Å². The van der Waals surface area contributed by atoms with Gasteiger partial charge in [-0.25, -0.2) is 9.97 Å². The van der Waals surface area contributed by atoms with Gasteiger partial charge in [0.2, 0.25) is 0 Å². The topological polar surface area (TPSA) is 47.0 Å². The number of hydrogen-bond acceptors (Lipinski definition) is 4. The lowest BCUT2D eigenvalue weighted by Gasteiger charge is -2.40. The van der Waals surface area contributed by atoms with Crippen LogP contribution < -0.4 is 10.1 Å². The Balaban J connectivity index is 1.24. The van der Waals surface area contributed by atoms with Crippen molar-refractivity contribution < 1.29 is 4.74 Å². The summed E-state index contributed by atoms with van der Waals surface area (Å²) in [5.41, 5.74) is 13.5. The van der Waals surface area contributed by atoms with Crippen LogP contribution in [-0.2, 0) is 5.41 Å². The first kappa shape index (κ1) is 28.5. The fourth-order valence-corrected chi connectivity index (χ4v) is 8.10. The molecular weight excluding hydrogens is 611 g/mol. The van der Waals surface area contributed by atoms with Gasteiger partial charge in [-0.1, -0.05) is 152 Å². The Morgan fingerprint density at radius 3 is 1.84 bits per heavy atom. The van der Waals surface area contributed by atoms with Crippen molar-refractivity contribution in [3.8, 4) is 45.3 Å². The number of para-hydroxylation sites is 2. The molecule has 0 amide bonds. The Labute approximate surface area is 291 Å². The molecule has 10 rings (SSSR count). The number of aromatic nitrogens is 2. The fourth-order valence-electron chi connectivity index (χ4n) is 8.10. The Bertz CT molecular complexity index is 2410. The molecule has 6 aromatic carbocycles. The number of fused-ring (bicyclic) bond motifs is 9. The third-order valence-electron chi connectivity index (χ3n) is 10.2. The molecule has 236 valence electrons. The zero-order chi connectivity index (χ0) is 33.1. The molecule has 0 atom stereocenters. The molecule has 50 heavy (non-hydrogen) atoms. The number of nitrogens with one attached hydrogen (secondary N) is 1. The van der Waals surface area contributed by atoms with Crippen LogP contribution in [0.1, 0.15) is 33.5 Å². The average Bonchev–Trinajstić information content (AvgIpc) is 3.49. The minimum atomic E-state index is -0.533. The highest BCUT2D eigenvalue weighted by Gasteiger charge is 2.51. The minimum Gasteiger partial charge on any atom is -0.456 e. The first-order valence-electron chi connectivity index (χ1n) is 17.1. The van der Waals surface area contributed by atoms with E-state index in [2.05, 4.69) is 139 Å². The van der Waals surface area contributed by atoms with Crippen LogP contribution in [0.4, 0.5) is 0 Å². The number of nitrogens with zero attached hydrogens (tertiary/aromatic N) is 2. The molecule has 1 N–H and O–H groups in total. The van der Waals surface area contributed by atoms with Crippen molar-refractivity contribution in [3.05, 3.63) is 203 Å². The number of ether oxygens (including phenoxy) is 1. The van der Waals surface area contributed by atoms with E-state index in [1.54, 1.807) is 0 Å². The van der Waals surface area contributed by atoms with Crippen molar-refractivity contribution in [1.82, 2.24) is 15.3 Å². The quantitative estimate of drug-likeness (QED) is 0.208. The van der Waals surface area contributed by atoms with E-state index < -0.39 is 5.41 Å². The van der Waals surface area contributed by atoms with Gasteiger partial charge in [0, 0.05) is 39.9 Å². The van der Waals surface area contributed by atoms with E-state index >= 15 is 0 Å². The Hall–Kier alpha value is -6.52. The van der Waals surface area contributed by atoms with E-state index in [9.17, 15) is 0 Å². The Kier molecular flexibility index (Phi) is 6.43. The molecule has 4 nitrogen and oxygen atoms in total. The van der Waals surface area contributed by atoms with E-state index in [0.717, 1.165) is 62.0 Å². The van der Waals surface area contributed by atoms with Gasteiger partial charge in [0.05, 0.1) is 22.5 Å². The van der Waals surface area contributed by atoms with Crippen molar-refractivity contribution in [2.24, 2.45) is 0 Å². The largest absolute Gasteiger partial charge is 0.456 e. The maximum absolute atomic E-state index is 7.02. The van der Waals surface area contributed by atoms with Crippen molar-refractivity contribution in [3.63, 3.8) is 0 Å². The van der Waals surface area contributed by atoms with Crippen LogP contribution in [0, 0.1) is 0 Å². The van der Waals surface area contributed by atoms with Crippen LogP contribution in [0.5, 0.6) is 11.5 Å². The second kappa shape index (κ2) is 11.3. The molecular formula is C46H31N3O. The summed E-state index contributed by atoms with van der Waals surface area (Å²) in [7, 11) is 0. The second-order valence-corrected chi connectivity index (χ2v) is 12.9. The normalized spacial score (nSPS) is 14.6. The van der Waals surface area contributed by atoms with Crippen molar-refractivity contribution >= 4 is 11.3 Å². The first-order chi connectivity index (χ1) is 24.8. The van der Waals surface area contributed by atoms with E-state index in [1.807, 2.05) is 36.4 Å². The molecule has 3 aliphatic rings. The summed E-state index contributed by atoms with van der Waals surface area (Å²) in [6.07, 6.45) is 4.34. The van der Waals surface area contributed by atoms with Gasteiger partial charge in [0.1, 0.15) is 11.5 Å². The van der Waals surface area contributed by atoms with Crippen molar-refractivity contribution in [2.75, 3.05) is 6.54 Å². The molecule has 4 heteroatoms. The third-order valence-corrected chi connectivity index (χ3v) is 10.2. The molecule has 1 spiro atoms. The van der Waals surface area contributed by atoms with E-state index in [-0.39, 0.29) is 0 Å².